The van der Waals surface area contributed by atoms with E-state index in [1.807, 2.05) is 6.07 Å². The van der Waals surface area contributed by atoms with Crippen molar-refractivity contribution in [1.29, 1.82) is 0 Å². The van der Waals surface area contributed by atoms with Crippen LogP contribution in [0.4, 0.5) is 5.95 Å². The maximum Gasteiger partial charge on any atom is 0.222 e. The summed E-state index contributed by atoms with van der Waals surface area (Å²) in [4.78, 5) is 11.9. The molecule has 2 N–H and O–H groups in total. The van der Waals surface area contributed by atoms with E-state index < -0.39 is 0 Å². The average molecular weight is 225 g/mol. The first-order chi connectivity index (χ1) is 5.75. The molecule has 0 spiro atoms. The standard InChI is InChI=1S/C7H5BrN4/c8-5-1-4-2-11-7(9)12-6(4)10-3-5/h1-3H,(H2,9,10,11,12). The molecule has 0 aliphatic carbocycles. The molecule has 60 valence electrons. The van der Waals surface area contributed by atoms with Crippen LogP contribution in [0.15, 0.2) is 22.9 Å². The van der Waals surface area contributed by atoms with E-state index in [4.69, 9.17) is 5.73 Å². The third kappa shape index (κ3) is 1.23. The molecule has 0 aliphatic heterocycles. The minimum absolute atomic E-state index is 0.248. The Bertz CT molecular complexity index is 387. The van der Waals surface area contributed by atoms with Crippen LogP contribution in [0.5, 0.6) is 0 Å². The quantitative estimate of drug-likeness (QED) is 0.735. The van der Waals surface area contributed by atoms with Gasteiger partial charge in [0.1, 0.15) is 0 Å². The van der Waals surface area contributed by atoms with E-state index in [0.29, 0.717) is 5.65 Å². The smallest absolute Gasteiger partial charge is 0.222 e. The van der Waals surface area contributed by atoms with Crippen molar-refractivity contribution in [3.05, 3.63) is 22.9 Å². The van der Waals surface area contributed by atoms with Crippen molar-refractivity contribution in [2.24, 2.45) is 0 Å². The topological polar surface area (TPSA) is 64.7 Å². The summed E-state index contributed by atoms with van der Waals surface area (Å²) >= 11 is 3.30. The second kappa shape index (κ2) is 2.67. The normalized spacial score (nSPS) is 10.4. The molecule has 4 nitrogen and oxygen atoms in total. The second-order valence-corrected chi connectivity index (χ2v) is 3.21. The Morgan fingerprint density at radius 2 is 2.08 bits per heavy atom. The van der Waals surface area contributed by atoms with Crippen LogP contribution in [0.2, 0.25) is 0 Å². The summed E-state index contributed by atoms with van der Waals surface area (Å²) in [5.41, 5.74) is 6.00. The molecule has 0 saturated heterocycles. The number of fused-ring (bicyclic) bond motifs is 1. The van der Waals surface area contributed by atoms with Gasteiger partial charge in [0.25, 0.3) is 0 Å². The highest BCUT2D eigenvalue weighted by molar-refractivity contribution is 9.10. The lowest BCUT2D eigenvalue weighted by Gasteiger charge is -1.96. The number of nitrogens with two attached hydrogens (primary N) is 1. The zero-order valence-corrected chi connectivity index (χ0v) is 7.62. The lowest BCUT2D eigenvalue weighted by Crippen LogP contribution is -1.95. The molecule has 2 aromatic rings. The number of nitrogen functional groups attached to an aromatic ring is 1. The molecular weight excluding hydrogens is 220 g/mol. The van der Waals surface area contributed by atoms with E-state index in [0.717, 1.165) is 9.86 Å². The van der Waals surface area contributed by atoms with E-state index >= 15 is 0 Å². The van der Waals surface area contributed by atoms with Gasteiger partial charge in [-0.2, -0.15) is 4.98 Å². The molecule has 5 heteroatoms. The number of hydrogen-bond acceptors (Lipinski definition) is 4. The Kier molecular flexibility index (Phi) is 1.65. The number of anilines is 1. The molecule has 2 aromatic heterocycles. The minimum Gasteiger partial charge on any atom is -0.368 e. The molecule has 0 unspecified atom stereocenters. The van der Waals surface area contributed by atoms with Gasteiger partial charge in [0.2, 0.25) is 5.95 Å². The average Bonchev–Trinajstić information content (AvgIpc) is 2.05. The van der Waals surface area contributed by atoms with E-state index in [1.165, 1.54) is 0 Å². The fourth-order valence-corrected chi connectivity index (χ4v) is 1.26. The molecule has 2 rings (SSSR count). The number of nitrogens with zero attached hydrogens (tertiary/aromatic N) is 3. The van der Waals surface area contributed by atoms with Crippen molar-refractivity contribution in [3.8, 4) is 0 Å². The number of pyridine rings is 1. The van der Waals surface area contributed by atoms with Crippen molar-refractivity contribution in [3.63, 3.8) is 0 Å². The van der Waals surface area contributed by atoms with E-state index in [1.54, 1.807) is 12.4 Å². The van der Waals surface area contributed by atoms with Gasteiger partial charge in [-0.3, -0.25) is 0 Å². The van der Waals surface area contributed by atoms with Gasteiger partial charge in [-0.15, -0.1) is 0 Å². The molecule has 0 fully saturated rings. The van der Waals surface area contributed by atoms with Crippen LogP contribution < -0.4 is 5.73 Å². The SMILES string of the molecule is Nc1ncc2cc(Br)cnc2n1. The number of aromatic nitrogens is 3. The number of halogens is 1. The molecule has 0 aromatic carbocycles. The van der Waals surface area contributed by atoms with Crippen LogP contribution in [-0.4, -0.2) is 15.0 Å². The second-order valence-electron chi connectivity index (χ2n) is 2.29. The molecule has 12 heavy (non-hydrogen) atoms. The summed E-state index contributed by atoms with van der Waals surface area (Å²) in [7, 11) is 0. The van der Waals surface area contributed by atoms with Crippen molar-refractivity contribution in [1.82, 2.24) is 15.0 Å². The summed E-state index contributed by atoms with van der Waals surface area (Å²) < 4.78 is 0.906. The van der Waals surface area contributed by atoms with E-state index in [9.17, 15) is 0 Å². The third-order valence-electron chi connectivity index (χ3n) is 1.42. The van der Waals surface area contributed by atoms with Crippen LogP contribution >= 0.6 is 15.9 Å². The Hall–Kier alpha value is -1.23. The first kappa shape index (κ1) is 7.42. The van der Waals surface area contributed by atoms with Crippen molar-refractivity contribution < 1.29 is 0 Å². The number of rotatable bonds is 0. The van der Waals surface area contributed by atoms with Gasteiger partial charge in [0, 0.05) is 22.3 Å². The fourth-order valence-electron chi connectivity index (χ4n) is 0.909. The van der Waals surface area contributed by atoms with Crippen molar-refractivity contribution in [2.75, 3.05) is 5.73 Å². The lowest BCUT2D eigenvalue weighted by molar-refractivity contribution is 1.19. The van der Waals surface area contributed by atoms with Gasteiger partial charge in [0.15, 0.2) is 5.65 Å². The van der Waals surface area contributed by atoms with E-state index in [-0.39, 0.29) is 5.95 Å². The summed E-state index contributed by atoms with van der Waals surface area (Å²) in [6.45, 7) is 0. The maximum atomic E-state index is 5.39. The highest BCUT2D eigenvalue weighted by Gasteiger charge is 1.97. The molecule has 2 heterocycles. The largest absolute Gasteiger partial charge is 0.368 e. The Labute approximate surface area is 77.0 Å². The van der Waals surface area contributed by atoms with Gasteiger partial charge in [0.05, 0.1) is 0 Å². The summed E-state index contributed by atoms with van der Waals surface area (Å²) in [6.07, 6.45) is 3.32. The van der Waals surface area contributed by atoms with E-state index in [2.05, 4.69) is 30.9 Å². The van der Waals surface area contributed by atoms with Crippen molar-refractivity contribution >= 4 is 32.9 Å². The number of hydrogen-bond donors (Lipinski definition) is 1. The first-order valence-corrected chi connectivity index (χ1v) is 4.09. The van der Waals surface area contributed by atoms with Crippen LogP contribution in [0.3, 0.4) is 0 Å². The van der Waals surface area contributed by atoms with Crippen LogP contribution in [-0.2, 0) is 0 Å². The molecule has 0 aliphatic rings. The monoisotopic (exact) mass is 224 g/mol. The Morgan fingerprint density at radius 3 is 2.92 bits per heavy atom. The molecule has 0 amide bonds. The van der Waals surface area contributed by atoms with Gasteiger partial charge >= 0.3 is 0 Å². The highest BCUT2D eigenvalue weighted by Crippen LogP contribution is 2.14. The van der Waals surface area contributed by atoms with Gasteiger partial charge in [-0.1, -0.05) is 0 Å². The Morgan fingerprint density at radius 1 is 1.25 bits per heavy atom. The van der Waals surface area contributed by atoms with Gasteiger partial charge in [-0.25, -0.2) is 9.97 Å². The molecule has 0 bridgehead atoms. The zero-order valence-electron chi connectivity index (χ0n) is 6.03. The first-order valence-electron chi connectivity index (χ1n) is 3.29. The lowest BCUT2D eigenvalue weighted by atomic mass is 10.3. The van der Waals surface area contributed by atoms with Crippen LogP contribution in [0, 0.1) is 0 Å². The van der Waals surface area contributed by atoms with Crippen LogP contribution in [0.25, 0.3) is 11.0 Å². The van der Waals surface area contributed by atoms with Gasteiger partial charge < -0.3 is 5.73 Å². The van der Waals surface area contributed by atoms with Gasteiger partial charge in [-0.05, 0) is 22.0 Å². The van der Waals surface area contributed by atoms with Crippen LogP contribution in [0.1, 0.15) is 0 Å². The summed E-state index contributed by atoms with van der Waals surface area (Å²) in [6, 6.07) is 1.89. The third-order valence-corrected chi connectivity index (χ3v) is 1.85. The highest BCUT2D eigenvalue weighted by atomic mass is 79.9. The predicted octanol–water partition coefficient (Wildman–Crippen LogP) is 1.37. The Balaban J connectivity index is 2.79. The molecule has 0 saturated carbocycles. The predicted molar refractivity (Wildman–Crippen MR) is 49.4 cm³/mol. The summed E-state index contributed by atoms with van der Waals surface area (Å²) in [5, 5.41) is 0.874. The zero-order chi connectivity index (χ0) is 8.55. The molecule has 0 atom stereocenters. The molecular formula is C7H5BrN4. The molecule has 0 radical (unpaired) electrons. The van der Waals surface area contributed by atoms with Crippen molar-refractivity contribution in [2.45, 2.75) is 0 Å². The fraction of sp³-hybridized carbons (Fsp3) is 0. The minimum atomic E-state index is 0.248. The maximum absolute atomic E-state index is 5.39. The summed E-state index contributed by atoms with van der Waals surface area (Å²) in [5.74, 6) is 0.248.